The number of carbonyl (C=O) groups excluding carboxylic acids is 1. The molecule has 0 aromatic heterocycles. The SMILES string of the molecule is O=C(c1ccc(S(=O)(=O)O)cc1)c1ccc(S(=O)(=O)Oc2ccccc2)cc1. The van der Waals surface area contributed by atoms with Crippen LogP contribution in [0.5, 0.6) is 5.75 Å². The third-order valence-electron chi connectivity index (χ3n) is 3.77. The average molecular weight is 418 g/mol. The molecule has 0 aliphatic rings. The molecule has 0 atom stereocenters. The van der Waals surface area contributed by atoms with Crippen molar-refractivity contribution in [3.8, 4) is 5.75 Å². The lowest BCUT2D eigenvalue weighted by atomic mass is 10.0. The van der Waals surface area contributed by atoms with Crippen LogP contribution >= 0.6 is 0 Å². The van der Waals surface area contributed by atoms with Crippen LogP contribution in [-0.2, 0) is 20.2 Å². The van der Waals surface area contributed by atoms with E-state index < -0.39 is 26.0 Å². The standard InChI is InChI=1S/C19H14O7S2/c20-19(14-6-10-17(11-7-14)27(21,22)23)15-8-12-18(13-9-15)28(24,25)26-16-4-2-1-3-5-16/h1-13H,(H,21,22,23). The first-order valence-electron chi connectivity index (χ1n) is 7.89. The Morgan fingerprint density at radius 1 is 0.679 bits per heavy atom. The third kappa shape index (κ3) is 4.45. The van der Waals surface area contributed by atoms with E-state index >= 15 is 0 Å². The lowest BCUT2D eigenvalue weighted by molar-refractivity contribution is 0.103. The molecule has 0 saturated carbocycles. The van der Waals surface area contributed by atoms with E-state index in [4.69, 9.17) is 8.74 Å². The van der Waals surface area contributed by atoms with Crippen LogP contribution in [0.4, 0.5) is 0 Å². The van der Waals surface area contributed by atoms with Crippen molar-refractivity contribution >= 4 is 26.0 Å². The van der Waals surface area contributed by atoms with Crippen molar-refractivity contribution < 1.29 is 30.4 Å². The predicted molar refractivity (Wildman–Crippen MR) is 100 cm³/mol. The Balaban J connectivity index is 1.81. The molecule has 0 bridgehead atoms. The highest BCUT2D eigenvalue weighted by molar-refractivity contribution is 7.87. The summed E-state index contributed by atoms with van der Waals surface area (Å²) in [5.41, 5.74) is 0.391. The normalized spacial score (nSPS) is 11.8. The minimum Gasteiger partial charge on any atom is -0.379 e. The van der Waals surface area contributed by atoms with Gasteiger partial charge in [-0.1, -0.05) is 18.2 Å². The molecule has 3 aromatic carbocycles. The van der Waals surface area contributed by atoms with Gasteiger partial charge >= 0.3 is 10.1 Å². The molecule has 0 spiro atoms. The zero-order chi connectivity index (χ0) is 20.4. The summed E-state index contributed by atoms with van der Waals surface area (Å²) in [6.07, 6.45) is 0. The summed E-state index contributed by atoms with van der Waals surface area (Å²) >= 11 is 0. The van der Waals surface area contributed by atoms with E-state index in [1.807, 2.05) is 0 Å². The molecule has 1 N–H and O–H groups in total. The van der Waals surface area contributed by atoms with Crippen LogP contribution in [0.25, 0.3) is 0 Å². The topological polar surface area (TPSA) is 115 Å². The van der Waals surface area contributed by atoms with Crippen molar-refractivity contribution in [2.24, 2.45) is 0 Å². The molecule has 3 aromatic rings. The molecule has 0 saturated heterocycles. The molecule has 0 heterocycles. The zero-order valence-electron chi connectivity index (χ0n) is 14.2. The van der Waals surface area contributed by atoms with Gasteiger partial charge in [0.25, 0.3) is 10.1 Å². The van der Waals surface area contributed by atoms with E-state index in [1.54, 1.807) is 18.2 Å². The molecule has 0 aliphatic heterocycles. The van der Waals surface area contributed by atoms with Gasteiger partial charge in [-0.25, -0.2) is 0 Å². The Morgan fingerprint density at radius 2 is 1.14 bits per heavy atom. The molecule has 3 rings (SSSR count). The molecule has 28 heavy (non-hydrogen) atoms. The molecular weight excluding hydrogens is 404 g/mol. The van der Waals surface area contributed by atoms with Gasteiger partial charge in [-0.2, -0.15) is 16.8 Å². The van der Waals surface area contributed by atoms with Gasteiger partial charge in [0.1, 0.15) is 10.6 Å². The maximum absolute atomic E-state index is 12.5. The Labute approximate surface area is 162 Å². The van der Waals surface area contributed by atoms with Crippen LogP contribution in [0.1, 0.15) is 15.9 Å². The Morgan fingerprint density at radius 3 is 1.61 bits per heavy atom. The second-order valence-corrected chi connectivity index (χ2v) is 8.67. The minimum absolute atomic E-state index is 0.116. The molecule has 0 aliphatic carbocycles. The van der Waals surface area contributed by atoms with E-state index in [9.17, 15) is 21.6 Å². The minimum atomic E-state index is -4.35. The number of carbonyl (C=O) groups is 1. The molecule has 7 nitrogen and oxygen atoms in total. The molecule has 9 heteroatoms. The van der Waals surface area contributed by atoms with Crippen LogP contribution in [0.15, 0.2) is 88.7 Å². The summed E-state index contributed by atoms with van der Waals surface area (Å²) in [5, 5.41) is 0. The van der Waals surface area contributed by atoms with E-state index in [-0.39, 0.29) is 26.7 Å². The van der Waals surface area contributed by atoms with Gasteiger partial charge < -0.3 is 4.18 Å². The molecule has 0 unspecified atom stereocenters. The van der Waals surface area contributed by atoms with E-state index in [0.717, 1.165) is 12.1 Å². The number of hydrogen-bond acceptors (Lipinski definition) is 6. The number of ketones is 1. The van der Waals surface area contributed by atoms with Gasteiger partial charge in [-0.05, 0) is 60.7 Å². The van der Waals surface area contributed by atoms with E-state index in [0.29, 0.717) is 0 Å². The van der Waals surface area contributed by atoms with Crippen molar-refractivity contribution in [1.29, 1.82) is 0 Å². The summed E-state index contributed by atoms with van der Waals surface area (Å²) in [7, 11) is -8.40. The van der Waals surface area contributed by atoms with E-state index in [1.165, 1.54) is 48.5 Å². The number of benzene rings is 3. The second kappa shape index (κ2) is 7.55. The van der Waals surface area contributed by atoms with Crippen LogP contribution < -0.4 is 4.18 Å². The zero-order valence-corrected chi connectivity index (χ0v) is 15.9. The van der Waals surface area contributed by atoms with Gasteiger partial charge in [0.2, 0.25) is 0 Å². The van der Waals surface area contributed by atoms with Crippen LogP contribution in [0, 0.1) is 0 Å². The molecule has 0 radical (unpaired) electrons. The fraction of sp³-hybridized carbons (Fsp3) is 0. The molecule has 0 fully saturated rings. The largest absolute Gasteiger partial charge is 0.379 e. The summed E-state index contributed by atoms with van der Waals surface area (Å²) < 4.78 is 60.7. The quantitative estimate of drug-likeness (QED) is 0.372. The van der Waals surface area contributed by atoms with Gasteiger partial charge in [0.05, 0.1) is 4.90 Å². The first kappa shape index (κ1) is 19.7. The predicted octanol–water partition coefficient (Wildman–Crippen LogP) is 2.93. The highest BCUT2D eigenvalue weighted by atomic mass is 32.2. The highest BCUT2D eigenvalue weighted by Crippen LogP contribution is 2.20. The van der Waals surface area contributed by atoms with Crippen LogP contribution in [0.2, 0.25) is 0 Å². The smallest absolute Gasteiger partial charge is 0.339 e. The van der Waals surface area contributed by atoms with Crippen molar-refractivity contribution in [3.05, 3.63) is 90.0 Å². The van der Waals surface area contributed by atoms with Crippen molar-refractivity contribution in [1.82, 2.24) is 0 Å². The number of hydrogen-bond donors (Lipinski definition) is 1. The molecular formula is C19H14O7S2. The lowest BCUT2D eigenvalue weighted by Crippen LogP contribution is -2.10. The molecule has 0 amide bonds. The molecule has 144 valence electrons. The monoisotopic (exact) mass is 418 g/mol. The van der Waals surface area contributed by atoms with Gasteiger partial charge in [-0.3, -0.25) is 9.35 Å². The summed E-state index contributed by atoms with van der Waals surface area (Å²) in [5.74, 6) is -0.267. The summed E-state index contributed by atoms with van der Waals surface area (Å²) in [4.78, 5) is 12.0. The van der Waals surface area contributed by atoms with Gasteiger partial charge in [0, 0.05) is 11.1 Å². The van der Waals surface area contributed by atoms with Crippen molar-refractivity contribution in [2.75, 3.05) is 0 Å². The fourth-order valence-corrected chi connectivity index (χ4v) is 3.78. The Bertz CT molecular complexity index is 1200. The number of rotatable bonds is 6. The van der Waals surface area contributed by atoms with E-state index in [2.05, 4.69) is 0 Å². The average Bonchev–Trinajstić information content (AvgIpc) is 2.67. The van der Waals surface area contributed by atoms with Crippen molar-refractivity contribution in [3.63, 3.8) is 0 Å². The van der Waals surface area contributed by atoms with Crippen LogP contribution in [-0.4, -0.2) is 27.2 Å². The Kier molecular flexibility index (Phi) is 5.32. The first-order valence-corrected chi connectivity index (χ1v) is 10.7. The summed E-state index contributed by atoms with van der Waals surface area (Å²) in [6.45, 7) is 0. The van der Waals surface area contributed by atoms with Gasteiger partial charge in [-0.15, -0.1) is 0 Å². The maximum atomic E-state index is 12.5. The van der Waals surface area contributed by atoms with Gasteiger partial charge in [0.15, 0.2) is 5.78 Å². The first-order chi connectivity index (χ1) is 13.2. The summed E-state index contributed by atoms with van der Waals surface area (Å²) in [6, 6.07) is 17.9. The third-order valence-corrected chi connectivity index (χ3v) is 5.90. The van der Waals surface area contributed by atoms with Crippen LogP contribution in [0.3, 0.4) is 0 Å². The second-order valence-electron chi connectivity index (χ2n) is 5.70. The Hall–Kier alpha value is -3.01. The number of para-hydroxylation sites is 1. The van der Waals surface area contributed by atoms with Crippen molar-refractivity contribution in [2.45, 2.75) is 9.79 Å². The highest BCUT2D eigenvalue weighted by Gasteiger charge is 2.18. The fourth-order valence-electron chi connectivity index (χ4n) is 2.37. The lowest BCUT2D eigenvalue weighted by Gasteiger charge is -2.08. The maximum Gasteiger partial charge on any atom is 0.339 e.